The van der Waals surface area contributed by atoms with Crippen molar-refractivity contribution in [1.82, 2.24) is 4.57 Å². The van der Waals surface area contributed by atoms with Gasteiger partial charge in [0, 0.05) is 22.5 Å². The number of carbonyl (C=O) groups is 1. The van der Waals surface area contributed by atoms with Crippen LogP contribution in [0.2, 0.25) is 5.02 Å². The normalized spacial score (nSPS) is 11.0. The van der Waals surface area contributed by atoms with Gasteiger partial charge in [-0.15, -0.1) is 0 Å². The van der Waals surface area contributed by atoms with Gasteiger partial charge in [0.1, 0.15) is 5.69 Å². The van der Waals surface area contributed by atoms with E-state index < -0.39 is 5.97 Å². The third-order valence-corrected chi connectivity index (χ3v) is 3.49. The van der Waals surface area contributed by atoms with Crippen LogP contribution in [0.3, 0.4) is 0 Å². The maximum absolute atomic E-state index is 12.3. The van der Waals surface area contributed by atoms with Gasteiger partial charge in [-0.2, -0.15) is 0 Å². The number of rotatable bonds is 3. The summed E-state index contributed by atoms with van der Waals surface area (Å²) in [6.45, 7) is 3.10. The minimum Gasteiger partial charge on any atom is -0.477 e. The molecule has 2 aromatic rings. The topological polar surface area (TPSA) is 79.5 Å². The van der Waals surface area contributed by atoms with Gasteiger partial charge in [0.25, 0.3) is 0 Å². The average molecular weight is 296 g/mol. The summed E-state index contributed by atoms with van der Waals surface area (Å²) >= 11 is 5.97. The van der Waals surface area contributed by atoms with E-state index in [0.717, 1.165) is 0 Å². The van der Waals surface area contributed by atoms with Gasteiger partial charge in [-0.25, -0.2) is 4.79 Å². The lowest BCUT2D eigenvalue weighted by atomic mass is 10.0. The molecule has 1 heterocycles. The Kier molecular flexibility index (Phi) is 3.83. The number of pyridine rings is 1. The van der Waals surface area contributed by atoms with Crippen LogP contribution < -0.4 is 5.43 Å². The van der Waals surface area contributed by atoms with Crippen LogP contribution in [-0.2, 0) is 6.54 Å². The summed E-state index contributed by atoms with van der Waals surface area (Å²) in [5.74, 6) is -1.19. The second-order valence-electron chi connectivity index (χ2n) is 4.60. The van der Waals surface area contributed by atoms with E-state index in [4.69, 9.17) is 11.6 Å². The van der Waals surface area contributed by atoms with Crippen LogP contribution in [-0.4, -0.2) is 27.4 Å². The van der Waals surface area contributed by atoms with Crippen LogP contribution in [0, 0.1) is 13.8 Å². The maximum Gasteiger partial charge on any atom is 0.352 e. The van der Waals surface area contributed by atoms with Gasteiger partial charge in [0.15, 0.2) is 5.43 Å². The number of aliphatic hydroxyl groups is 1. The van der Waals surface area contributed by atoms with Crippen LogP contribution in [0.15, 0.2) is 16.9 Å². The van der Waals surface area contributed by atoms with E-state index in [1.807, 2.05) is 0 Å². The van der Waals surface area contributed by atoms with Crippen molar-refractivity contribution >= 4 is 28.5 Å². The molecule has 0 amide bonds. The Morgan fingerprint density at radius 2 is 2.00 bits per heavy atom. The van der Waals surface area contributed by atoms with Crippen molar-refractivity contribution < 1.29 is 15.0 Å². The van der Waals surface area contributed by atoms with E-state index in [2.05, 4.69) is 0 Å². The highest BCUT2D eigenvalue weighted by molar-refractivity contribution is 6.31. The standard InChI is InChI=1S/C14H14ClNO4/c1-7-5-9(15)6-10-11(7)16(3-4-17)12(14(19)20)8(2)13(10)18/h5-6,17H,3-4H2,1-2H3,(H,19,20). The molecule has 0 spiro atoms. The highest BCUT2D eigenvalue weighted by Gasteiger charge is 2.20. The first-order valence-corrected chi connectivity index (χ1v) is 6.43. The first-order chi connectivity index (χ1) is 9.38. The Labute approximate surface area is 120 Å². The minimum atomic E-state index is -1.19. The quantitative estimate of drug-likeness (QED) is 0.907. The van der Waals surface area contributed by atoms with Crippen molar-refractivity contribution in [2.45, 2.75) is 20.4 Å². The molecule has 0 aliphatic rings. The largest absolute Gasteiger partial charge is 0.477 e. The van der Waals surface area contributed by atoms with Crippen molar-refractivity contribution in [1.29, 1.82) is 0 Å². The van der Waals surface area contributed by atoms with E-state index in [9.17, 15) is 19.8 Å². The Bertz CT molecular complexity index is 764. The number of aliphatic hydroxyl groups excluding tert-OH is 1. The molecular weight excluding hydrogens is 282 g/mol. The molecule has 2 rings (SSSR count). The molecule has 0 atom stereocenters. The Hall–Kier alpha value is -1.85. The fourth-order valence-electron chi connectivity index (χ4n) is 2.49. The molecule has 6 heteroatoms. The lowest BCUT2D eigenvalue weighted by Gasteiger charge is -2.17. The molecule has 0 aliphatic heterocycles. The molecule has 0 bridgehead atoms. The summed E-state index contributed by atoms with van der Waals surface area (Å²) in [5.41, 5.74) is 0.885. The second kappa shape index (κ2) is 5.26. The van der Waals surface area contributed by atoms with Crippen molar-refractivity contribution in [3.63, 3.8) is 0 Å². The van der Waals surface area contributed by atoms with Gasteiger partial charge in [-0.1, -0.05) is 11.6 Å². The fourth-order valence-corrected chi connectivity index (χ4v) is 2.76. The first-order valence-electron chi connectivity index (χ1n) is 6.06. The predicted octanol–water partition coefficient (Wildman–Crippen LogP) is 1.96. The molecule has 0 radical (unpaired) electrons. The summed E-state index contributed by atoms with van der Waals surface area (Å²) in [5, 5.41) is 19.3. The minimum absolute atomic E-state index is 0.0954. The molecule has 0 fully saturated rings. The van der Waals surface area contributed by atoms with E-state index in [-0.39, 0.29) is 29.8 Å². The van der Waals surface area contributed by atoms with Crippen molar-refractivity contribution in [3.05, 3.63) is 44.2 Å². The van der Waals surface area contributed by atoms with Crippen LogP contribution >= 0.6 is 11.6 Å². The van der Waals surface area contributed by atoms with Crippen LogP contribution in [0.25, 0.3) is 10.9 Å². The Morgan fingerprint density at radius 3 is 2.55 bits per heavy atom. The molecule has 1 aromatic heterocycles. The van der Waals surface area contributed by atoms with Gasteiger partial charge in [-0.3, -0.25) is 4.79 Å². The van der Waals surface area contributed by atoms with E-state index in [1.165, 1.54) is 17.6 Å². The lowest BCUT2D eigenvalue weighted by Crippen LogP contribution is -2.23. The third-order valence-electron chi connectivity index (χ3n) is 3.27. The number of fused-ring (bicyclic) bond motifs is 1. The highest BCUT2D eigenvalue weighted by Crippen LogP contribution is 2.24. The van der Waals surface area contributed by atoms with E-state index in [0.29, 0.717) is 21.5 Å². The number of aromatic nitrogens is 1. The van der Waals surface area contributed by atoms with Crippen LogP contribution in [0.5, 0.6) is 0 Å². The summed E-state index contributed by atoms with van der Waals surface area (Å²) < 4.78 is 1.46. The molecule has 20 heavy (non-hydrogen) atoms. The molecule has 1 aromatic carbocycles. The van der Waals surface area contributed by atoms with Gasteiger partial charge in [-0.05, 0) is 31.5 Å². The number of carboxylic acid groups (broad SMARTS) is 1. The van der Waals surface area contributed by atoms with Crippen molar-refractivity contribution in [2.24, 2.45) is 0 Å². The second-order valence-corrected chi connectivity index (χ2v) is 5.04. The summed E-state index contributed by atoms with van der Waals surface area (Å²) in [7, 11) is 0. The van der Waals surface area contributed by atoms with Crippen LogP contribution in [0.4, 0.5) is 0 Å². The third kappa shape index (κ3) is 2.19. The molecule has 0 saturated carbocycles. The van der Waals surface area contributed by atoms with Gasteiger partial charge < -0.3 is 14.8 Å². The Morgan fingerprint density at radius 1 is 1.35 bits per heavy atom. The molecule has 106 valence electrons. The lowest BCUT2D eigenvalue weighted by molar-refractivity contribution is 0.0682. The molecule has 0 unspecified atom stereocenters. The van der Waals surface area contributed by atoms with E-state index in [1.54, 1.807) is 13.0 Å². The number of carboxylic acids is 1. The van der Waals surface area contributed by atoms with Gasteiger partial charge >= 0.3 is 5.97 Å². The Balaban J connectivity index is 3.09. The first kappa shape index (κ1) is 14.6. The number of nitrogens with zero attached hydrogens (tertiary/aromatic N) is 1. The number of aryl methyl sites for hydroxylation is 1. The number of halogens is 1. The molecule has 0 saturated heterocycles. The average Bonchev–Trinajstić information content (AvgIpc) is 2.34. The smallest absolute Gasteiger partial charge is 0.352 e. The fraction of sp³-hybridized carbons (Fsp3) is 0.286. The molecule has 0 aliphatic carbocycles. The van der Waals surface area contributed by atoms with Gasteiger partial charge in [0.2, 0.25) is 0 Å². The number of hydrogen-bond acceptors (Lipinski definition) is 3. The SMILES string of the molecule is Cc1c(C(=O)O)n(CCO)c2c(C)cc(Cl)cc2c1=O. The monoisotopic (exact) mass is 295 g/mol. The van der Waals surface area contributed by atoms with E-state index >= 15 is 0 Å². The summed E-state index contributed by atoms with van der Waals surface area (Å²) in [6, 6.07) is 3.19. The summed E-state index contributed by atoms with van der Waals surface area (Å²) in [4.78, 5) is 23.7. The van der Waals surface area contributed by atoms with Crippen molar-refractivity contribution in [2.75, 3.05) is 6.61 Å². The maximum atomic E-state index is 12.3. The number of benzene rings is 1. The zero-order valence-electron chi connectivity index (χ0n) is 11.1. The number of aromatic carboxylic acids is 1. The summed E-state index contributed by atoms with van der Waals surface area (Å²) in [6.07, 6.45) is 0. The zero-order chi connectivity index (χ0) is 15.0. The molecular formula is C14H14ClNO4. The highest BCUT2D eigenvalue weighted by atomic mass is 35.5. The van der Waals surface area contributed by atoms with Gasteiger partial charge in [0.05, 0.1) is 12.1 Å². The predicted molar refractivity (Wildman–Crippen MR) is 76.7 cm³/mol. The zero-order valence-corrected chi connectivity index (χ0v) is 11.9. The van der Waals surface area contributed by atoms with Crippen LogP contribution in [0.1, 0.15) is 21.6 Å². The number of hydrogen-bond donors (Lipinski definition) is 2. The molecule has 5 nitrogen and oxygen atoms in total. The molecule has 2 N–H and O–H groups in total. The van der Waals surface area contributed by atoms with Crippen molar-refractivity contribution in [3.8, 4) is 0 Å².